The van der Waals surface area contributed by atoms with E-state index in [-0.39, 0.29) is 17.9 Å². The van der Waals surface area contributed by atoms with Gasteiger partial charge in [0.15, 0.2) is 0 Å². The van der Waals surface area contributed by atoms with E-state index in [2.05, 4.69) is 24.5 Å². The first-order chi connectivity index (χ1) is 13.4. The van der Waals surface area contributed by atoms with Gasteiger partial charge in [0.25, 0.3) is 11.8 Å². The van der Waals surface area contributed by atoms with Crippen LogP contribution in [0.5, 0.6) is 5.75 Å². The first kappa shape index (κ1) is 21.5. The van der Waals surface area contributed by atoms with Gasteiger partial charge in [0.05, 0.1) is 6.61 Å². The zero-order chi connectivity index (χ0) is 20.5. The van der Waals surface area contributed by atoms with Gasteiger partial charge in [-0.1, -0.05) is 39.0 Å². The molecule has 2 aromatic carbocycles. The Morgan fingerprint density at radius 3 is 2.32 bits per heavy atom. The molecule has 0 fully saturated rings. The zero-order valence-corrected chi connectivity index (χ0v) is 17.1. The van der Waals surface area contributed by atoms with Crippen LogP contribution in [-0.4, -0.2) is 24.5 Å². The first-order valence-electron chi connectivity index (χ1n) is 9.80. The van der Waals surface area contributed by atoms with Crippen LogP contribution in [0.15, 0.2) is 48.5 Å². The van der Waals surface area contributed by atoms with Gasteiger partial charge >= 0.3 is 0 Å². The maximum atomic E-state index is 12.5. The predicted octanol–water partition coefficient (Wildman–Crippen LogP) is 4.18. The molecule has 1 atom stereocenters. The van der Waals surface area contributed by atoms with E-state index in [1.165, 1.54) is 0 Å². The molecule has 0 aliphatic heterocycles. The van der Waals surface area contributed by atoms with Crippen LogP contribution in [0.4, 0.5) is 0 Å². The molecule has 2 amide bonds. The van der Waals surface area contributed by atoms with E-state index in [4.69, 9.17) is 4.74 Å². The number of hydrogen-bond acceptors (Lipinski definition) is 3. The number of carbonyl (C=O) groups excluding carboxylic acids is 2. The summed E-state index contributed by atoms with van der Waals surface area (Å²) in [4.78, 5) is 24.7. The van der Waals surface area contributed by atoms with E-state index >= 15 is 0 Å². The first-order valence-corrected chi connectivity index (χ1v) is 9.80. The molecule has 0 aliphatic rings. The topological polar surface area (TPSA) is 67.4 Å². The minimum Gasteiger partial charge on any atom is -0.493 e. The largest absolute Gasteiger partial charge is 0.493 e. The molecule has 150 valence electrons. The summed E-state index contributed by atoms with van der Waals surface area (Å²) >= 11 is 0. The summed E-state index contributed by atoms with van der Waals surface area (Å²) in [6.45, 7) is 9.11. The van der Waals surface area contributed by atoms with E-state index in [1.54, 1.807) is 24.3 Å². The lowest BCUT2D eigenvalue weighted by molar-refractivity contribution is 0.0936. The zero-order valence-electron chi connectivity index (χ0n) is 17.1. The van der Waals surface area contributed by atoms with Gasteiger partial charge in [-0.3, -0.25) is 9.59 Å². The van der Waals surface area contributed by atoms with Crippen molar-refractivity contribution >= 4 is 11.8 Å². The summed E-state index contributed by atoms with van der Waals surface area (Å²) in [5.74, 6) is 0.828. The van der Waals surface area contributed by atoms with Gasteiger partial charge < -0.3 is 15.4 Å². The predicted molar refractivity (Wildman–Crippen MR) is 112 cm³/mol. The number of hydrogen-bond donors (Lipinski definition) is 2. The normalized spacial score (nSPS) is 11.8. The molecular weight excluding hydrogens is 352 g/mol. The Hall–Kier alpha value is -2.82. The number of amides is 2. The Labute approximate surface area is 167 Å². The molecule has 2 aromatic rings. The Morgan fingerprint density at radius 1 is 0.964 bits per heavy atom. The average Bonchev–Trinajstić information content (AvgIpc) is 2.70. The van der Waals surface area contributed by atoms with Crippen molar-refractivity contribution in [2.45, 2.75) is 46.7 Å². The summed E-state index contributed by atoms with van der Waals surface area (Å²) in [5, 5.41) is 5.85. The maximum absolute atomic E-state index is 12.5. The molecule has 1 unspecified atom stereocenters. The van der Waals surface area contributed by atoms with E-state index in [1.807, 2.05) is 38.1 Å². The van der Waals surface area contributed by atoms with E-state index < -0.39 is 0 Å². The highest BCUT2D eigenvalue weighted by atomic mass is 16.5. The molecule has 0 spiro atoms. The highest BCUT2D eigenvalue weighted by molar-refractivity contribution is 5.95. The van der Waals surface area contributed by atoms with Crippen LogP contribution in [0.2, 0.25) is 0 Å². The highest BCUT2D eigenvalue weighted by Gasteiger charge is 2.10. The monoisotopic (exact) mass is 382 g/mol. The summed E-state index contributed by atoms with van der Waals surface area (Å²) in [6, 6.07) is 14.6. The Morgan fingerprint density at radius 2 is 1.64 bits per heavy atom. The van der Waals surface area contributed by atoms with Crippen LogP contribution in [-0.2, 0) is 6.54 Å². The minimum absolute atomic E-state index is 0.0995. The summed E-state index contributed by atoms with van der Waals surface area (Å²) in [5.41, 5.74) is 2.01. The van der Waals surface area contributed by atoms with Crippen LogP contribution >= 0.6 is 0 Å². The molecule has 0 heterocycles. The van der Waals surface area contributed by atoms with Crippen LogP contribution in [0.25, 0.3) is 0 Å². The third kappa shape index (κ3) is 6.72. The molecule has 28 heavy (non-hydrogen) atoms. The van der Waals surface area contributed by atoms with Gasteiger partial charge in [0.1, 0.15) is 5.75 Å². The molecule has 2 N–H and O–H groups in total. The van der Waals surface area contributed by atoms with Gasteiger partial charge in [-0.15, -0.1) is 0 Å². The molecule has 0 bridgehead atoms. The third-order valence-electron chi connectivity index (χ3n) is 4.31. The summed E-state index contributed by atoms with van der Waals surface area (Å²) in [6.07, 6.45) is 0.876. The van der Waals surface area contributed by atoms with Crippen molar-refractivity contribution in [3.63, 3.8) is 0 Å². The molecule has 2 rings (SSSR count). The highest BCUT2D eigenvalue weighted by Crippen LogP contribution is 2.15. The van der Waals surface area contributed by atoms with Gasteiger partial charge in [-0.25, -0.2) is 0 Å². The summed E-state index contributed by atoms with van der Waals surface area (Å²) < 4.78 is 5.68. The van der Waals surface area contributed by atoms with Crippen molar-refractivity contribution in [3.05, 3.63) is 65.2 Å². The molecule has 5 heteroatoms. The number of rotatable bonds is 9. The molecule has 0 saturated heterocycles. The third-order valence-corrected chi connectivity index (χ3v) is 4.31. The van der Waals surface area contributed by atoms with Crippen molar-refractivity contribution in [3.8, 4) is 5.75 Å². The van der Waals surface area contributed by atoms with E-state index in [0.29, 0.717) is 35.9 Å². The Kier molecular flexibility index (Phi) is 8.05. The Bertz CT molecular complexity index is 802. The lowest BCUT2D eigenvalue weighted by Gasteiger charge is -2.12. The quantitative estimate of drug-likeness (QED) is 0.684. The van der Waals surface area contributed by atoms with Gasteiger partial charge in [0.2, 0.25) is 0 Å². The van der Waals surface area contributed by atoms with Gasteiger partial charge in [-0.05, 0) is 55.2 Å². The molecule has 0 radical (unpaired) electrons. The van der Waals surface area contributed by atoms with E-state index in [0.717, 1.165) is 12.0 Å². The minimum atomic E-state index is -0.176. The fourth-order valence-electron chi connectivity index (χ4n) is 2.51. The van der Waals surface area contributed by atoms with Crippen LogP contribution in [0.1, 0.15) is 60.4 Å². The van der Waals surface area contributed by atoms with Crippen LogP contribution in [0, 0.1) is 5.92 Å². The van der Waals surface area contributed by atoms with Gasteiger partial charge in [0, 0.05) is 23.7 Å². The van der Waals surface area contributed by atoms with Crippen LogP contribution in [0.3, 0.4) is 0 Å². The fourth-order valence-corrected chi connectivity index (χ4v) is 2.51. The molecule has 0 aromatic heterocycles. The Balaban J connectivity index is 1.96. The fraction of sp³-hybridized carbons (Fsp3) is 0.391. The number of carbonyl (C=O) groups is 2. The van der Waals surface area contributed by atoms with Crippen molar-refractivity contribution in [2.75, 3.05) is 6.61 Å². The van der Waals surface area contributed by atoms with Crippen molar-refractivity contribution in [1.82, 2.24) is 10.6 Å². The van der Waals surface area contributed by atoms with Crippen molar-refractivity contribution in [2.24, 2.45) is 5.92 Å². The second kappa shape index (κ2) is 10.5. The maximum Gasteiger partial charge on any atom is 0.251 e. The lowest BCUT2D eigenvalue weighted by atomic mass is 10.1. The number of ether oxygens (including phenoxy) is 1. The second-order valence-corrected chi connectivity index (χ2v) is 7.40. The molecular formula is C23H30N2O3. The SMILES string of the molecule is CCC(C)NC(=O)c1cccc(CNC(=O)c2cccc(OCC(C)C)c2)c1. The van der Waals surface area contributed by atoms with E-state index in [9.17, 15) is 9.59 Å². The van der Waals surface area contributed by atoms with Crippen LogP contribution < -0.4 is 15.4 Å². The second-order valence-electron chi connectivity index (χ2n) is 7.40. The smallest absolute Gasteiger partial charge is 0.251 e. The summed E-state index contributed by atoms with van der Waals surface area (Å²) in [7, 11) is 0. The average molecular weight is 383 g/mol. The van der Waals surface area contributed by atoms with Crippen molar-refractivity contribution < 1.29 is 14.3 Å². The number of nitrogens with one attached hydrogen (secondary N) is 2. The molecule has 0 saturated carbocycles. The molecule has 0 aliphatic carbocycles. The number of benzene rings is 2. The van der Waals surface area contributed by atoms with Crippen molar-refractivity contribution in [1.29, 1.82) is 0 Å². The van der Waals surface area contributed by atoms with Gasteiger partial charge in [-0.2, -0.15) is 0 Å². The standard InChI is InChI=1S/C23H30N2O3/c1-5-17(4)25-23(27)19-9-6-8-18(12-19)14-24-22(26)20-10-7-11-21(13-20)28-15-16(2)3/h6-13,16-17H,5,14-15H2,1-4H3,(H,24,26)(H,25,27). The lowest BCUT2D eigenvalue weighted by Crippen LogP contribution is -2.32. The molecule has 5 nitrogen and oxygen atoms in total.